The summed E-state index contributed by atoms with van der Waals surface area (Å²) in [6.45, 7) is 4.66. The first kappa shape index (κ1) is 57.2. The average molecular weight is 843 g/mol. The Morgan fingerprint density at radius 3 is 1.29 bits per heavy atom. The molecule has 3 atom stereocenters. The van der Waals surface area contributed by atoms with Crippen molar-refractivity contribution in [3.8, 4) is 0 Å². The Morgan fingerprint density at radius 1 is 0.586 bits per heavy atom. The van der Waals surface area contributed by atoms with E-state index in [0.29, 0.717) is 17.4 Å². The number of hydrogen-bond acceptors (Lipinski definition) is 6. The van der Waals surface area contributed by atoms with Crippen LogP contribution >= 0.6 is 7.82 Å². The molecule has 346 valence electrons. The van der Waals surface area contributed by atoms with Gasteiger partial charge in [-0.3, -0.25) is 9.36 Å². The molecule has 0 saturated carbocycles. The number of phosphoric ester groups is 1. The van der Waals surface area contributed by atoms with Crippen molar-refractivity contribution >= 4 is 13.7 Å². The number of allylic oxidation sites excluding steroid dienone is 1. The van der Waals surface area contributed by atoms with Crippen LogP contribution in [0.25, 0.3) is 0 Å². The number of amides is 1. The number of aliphatic hydroxyl groups excluding tert-OH is 1. The SMILES string of the molecule is CCCCCCCCCCCC/C=C/C(O)C(COP(=O)([O-])OCC[N+](C)(C)C)NC(=O)CCCCCCCCCCCCCCCCCCCCCCCCCC. The van der Waals surface area contributed by atoms with E-state index in [4.69, 9.17) is 9.05 Å². The van der Waals surface area contributed by atoms with E-state index in [0.717, 1.165) is 38.5 Å². The fourth-order valence-corrected chi connectivity index (χ4v) is 8.23. The van der Waals surface area contributed by atoms with Gasteiger partial charge in [-0.2, -0.15) is 0 Å². The number of hydrogen-bond donors (Lipinski definition) is 2. The topological polar surface area (TPSA) is 108 Å². The molecule has 0 fully saturated rings. The number of nitrogens with zero attached hydrogens (tertiary/aromatic N) is 1. The van der Waals surface area contributed by atoms with E-state index in [1.165, 1.54) is 186 Å². The molecule has 0 radical (unpaired) electrons. The van der Waals surface area contributed by atoms with Crippen LogP contribution in [-0.4, -0.2) is 68.5 Å². The van der Waals surface area contributed by atoms with E-state index in [1.807, 2.05) is 27.2 Å². The van der Waals surface area contributed by atoms with E-state index in [1.54, 1.807) is 6.08 Å². The van der Waals surface area contributed by atoms with Crippen molar-refractivity contribution in [3.05, 3.63) is 12.2 Å². The standard InChI is InChI=1S/C49H99N2O6P/c1-6-8-10-12-14-16-18-20-21-22-23-24-25-26-27-28-29-30-31-33-35-37-39-41-43-49(53)50-47(46-57-58(54,55)56-45-44-51(3,4)5)48(52)42-40-38-36-34-32-19-17-15-13-11-9-7-2/h40,42,47-48,52H,6-39,41,43-46H2,1-5H3,(H-,50,53,54,55)/b42-40+. The molecule has 0 saturated heterocycles. The maximum atomic E-state index is 12.9. The predicted molar refractivity (Wildman–Crippen MR) is 247 cm³/mol. The highest BCUT2D eigenvalue weighted by molar-refractivity contribution is 7.45. The van der Waals surface area contributed by atoms with Gasteiger partial charge in [-0.1, -0.05) is 231 Å². The molecule has 3 unspecified atom stereocenters. The van der Waals surface area contributed by atoms with Crippen molar-refractivity contribution in [2.24, 2.45) is 0 Å². The van der Waals surface area contributed by atoms with Crippen LogP contribution in [0.15, 0.2) is 12.2 Å². The third-order valence-electron chi connectivity index (χ3n) is 11.5. The number of nitrogens with one attached hydrogen (secondary N) is 1. The summed E-state index contributed by atoms with van der Waals surface area (Å²) < 4.78 is 23.2. The Morgan fingerprint density at radius 2 is 0.931 bits per heavy atom. The van der Waals surface area contributed by atoms with Crippen molar-refractivity contribution in [2.75, 3.05) is 40.9 Å². The van der Waals surface area contributed by atoms with Gasteiger partial charge in [0.1, 0.15) is 13.2 Å². The number of quaternary nitrogens is 1. The monoisotopic (exact) mass is 843 g/mol. The summed E-state index contributed by atoms with van der Waals surface area (Å²) in [4.78, 5) is 25.3. The molecule has 0 aliphatic carbocycles. The van der Waals surface area contributed by atoms with E-state index < -0.39 is 20.0 Å². The summed E-state index contributed by atoms with van der Waals surface area (Å²) in [6, 6.07) is -0.880. The summed E-state index contributed by atoms with van der Waals surface area (Å²) in [5.41, 5.74) is 0. The summed E-state index contributed by atoms with van der Waals surface area (Å²) in [5, 5.41) is 13.8. The second-order valence-corrected chi connectivity index (χ2v) is 19.9. The minimum absolute atomic E-state index is 0.00216. The number of carbonyl (C=O) groups is 1. The Bertz CT molecular complexity index is 958. The van der Waals surface area contributed by atoms with Crippen LogP contribution in [0.3, 0.4) is 0 Å². The van der Waals surface area contributed by atoms with Gasteiger partial charge in [0.05, 0.1) is 39.9 Å². The molecular formula is C49H99N2O6P. The molecule has 58 heavy (non-hydrogen) atoms. The van der Waals surface area contributed by atoms with Crippen molar-refractivity contribution in [3.63, 3.8) is 0 Å². The normalized spacial score (nSPS) is 14.3. The van der Waals surface area contributed by atoms with Crippen molar-refractivity contribution < 1.29 is 32.9 Å². The average Bonchev–Trinajstić information content (AvgIpc) is 3.17. The molecule has 9 heteroatoms. The van der Waals surface area contributed by atoms with Crippen LogP contribution in [0.5, 0.6) is 0 Å². The lowest BCUT2D eigenvalue weighted by molar-refractivity contribution is -0.870. The zero-order valence-corrected chi connectivity index (χ0v) is 40.2. The third kappa shape index (κ3) is 43.3. The lowest BCUT2D eigenvalue weighted by atomic mass is 10.0. The molecular weight excluding hydrogens is 744 g/mol. The summed E-state index contributed by atoms with van der Waals surface area (Å²) in [5.74, 6) is -0.193. The van der Waals surface area contributed by atoms with E-state index >= 15 is 0 Å². The molecule has 8 nitrogen and oxygen atoms in total. The fraction of sp³-hybridized carbons (Fsp3) is 0.939. The molecule has 0 aromatic carbocycles. The van der Waals surface area contributed by atoms with Crippen LogP contribution < -0.4 is 10.2 Å². The number of aliphatic hydroxyl groups is 1. The number of carbonyl (C=O) groups excluding carboxylic acids is 1. The van der Waals surface area contributed by atoms with Gasteiger partial charge in [-0.25, -0.2) is 0 Å². The van der Waals surface area contributed by atoms with Crippen molar-refractivity contribution in [1.82, 2.24) is 5.32 Å². The smallest absolute Gasteiger partial charge is 0.268 e. The number of phosphoric acid groups is 1. The first-order valence-electron chi connectivity index (χ1n) is 25.1. The minimum Gasteiger partial charge on any atom is -0.756 e. The van der Waals surface area contributed by atoms with Crippen LogP contribution in [0.4, 0.5) is 0 Å². The molecule has 0 aliphatic rings. The van der Waals surface area contributed by atoms with Gasteiger partial charge in [0, 0.05) is 6.42 Å². The zero-order valence-electron chi connectivity index (χ0n) is 39.3. The molecule has 0 aromatic rings. The van der Waals surface area contributed by atoms with Gasteiger partial charge >= 0.3 is 0 Å². The van der Waals surface area contributed by atoms with Gasteiger partial charge in [-0.15, -0.1) is 0 Å². The molecule has 0 bridgehead atoms. The second kappa shape index (κ2) is 41.6. The Labute approximate surface area is 361 Å². The molecule has 0 heterocycles. The lowest BCUT2D eigenvalue weighted by Gasteiger charge is -2.29. The highest BCUT2D eigenvalue weighted by atomic mass is 31.2. The van der Waals surface area contributed by atoms with E-state index in [-0.39, 0.29) is 19.1 Å². The quantitative estimate of drug-likeness (QED) is 0.0273. The molecule has 0 aliphatic heterocycles. The van der Waals surface area contributed by atoms with Crippen LogP contribution in [0.2, 0.25) is 0 Å². The molecule has 0 rings (SSSR count). The largest absolute Gasteiger partial charge is 0.756 e. The maximum Gasteiger partial charge on any atom is 0.268 e. The minimum atomic E-state index is -4.58. The highest BCUT2D eigenvalue weighted by Gasteiger charge is 2.23. The summed E-state index contributed by atoms with van der Waals surface area (Å²) in [6.07, 6.45) is 48.4. The molecule has 2 N–H and O–H groups in total. The van der Waals surface area contributed by atoms with E-state index in [9.17, 15) is 19.4 Å². The first-order chi connectivity index (χ1) is 28.0. The summed E-state index contributed by atoms with van der Waals surface area (Å²) >= 11 is 0. The van der Waals surface area contributed by atoms with Gasteiger partial charge in [-0.05, 0) is 19.3 Å². The Hall–Kier alpha value is -0.760. The van der Waals surface area contributed by atoms with Crippen LogP contribution in [0, 0.1) is 0 Å². The van der Waals surface area contributed by atoms with Gasteiger partial charge in [0.15, 0.2) is 0 Å². The Kier molecular flexibility index (Phi) is 41.0. The van der Waals surface area contributed by atoms with Crippen molar-refractivity contribution in [1.29, 1.82) is 0 Å². The number of unbranched alkanes of at least 4 members (excludes halogenated alkanes) is 33. The number of likely N-dealkylation sites (N-methyl/N-ethyl adjacent to an activating group) is 1. The second-order valence-electron chi connectivity index (χ2n) is 18.5. The molecule has 1 amide bonds. The van der Waals surface area contributed by atoms with Gasteiger partial charge < -0.3 is 28.8 Å². The fourth-order valence-electron chi connectivity index (χ4n) is 7.51. The lowest BCUT2D eigenvalue weighted by Crippen LogP contribution is -2.45. The maximum absolute atomic E-state index is 12.9. The van der Waals surface area contributed by atoms with E-state index in [2.05, 4.69) is 19.2 Å². The zero-order chi connectivity index (χ0) is 42.8. The number of rotatable bonds is 46. The summed E-state index contributed by atoms with van der Waals surface area (Å²) in [7, 11) is 1.27. The predicted octanol–water partition coefficient (Wildman–Crippen LogP) is 13.7. The van der Waals surface area contributed by atoms with Gasteiger partial charge in [0.2, 0.25) is 5.91 Å². The molecule has 0 spiro atoms. The molecule has 0 aromatic heterocycles. The van der Waals surface area contributed by atoms with Crippen molar-refractivity contribution in [2.45, 2.75) is 257 Å². The van der Waals surface area contributed by atoms with Gasteiger partial charge in [0.25, 0.3) is 7.82 Å². The first-order valence-corrected chi connectivity index (χ1v) is 26.5. The van der Waals surface area contributed by atoms with Crippen LogP contribution in [0.1, 0.15) is 245 Å². The highest BCUT2D eigenvalue weighted by Crippen LogP contribution is 2.38. The Balaban J connectivity index is 4.16. The third-order valence-corrected chi connectivity index (χ3v) is 12.5. The van der Waals surface area contributed by atoms with Crippen LogP contribution in [-0.2, 0) is 18.4 Å².